The van der Waals surface area contributed by atoms with Gasteiger partial charge in [-0.1, -0.05) is 12.1 Å². The third-order valence-corrected chi connectivity index (χ3v) is 2.66. The molecule has 8 heteroatoms. The van der Waals surface area contributed by atoms with E-state index in [9.17, 15) is 30.7 Å². The summed E-state index contributed by atoms with van der Waals surface area (Å²) < 4.78 is 89.1. The Balaban J connectivity index is 2.58. The molecule has 0 amide bonds. The first-order valence-electron chi connectivity index (χ1n) is 5.50. The van der Waals surface area contributed by atoms with Crippen LogP contribution in [0, 0.1) is 5.82 Å². The summed E-state index contributed by atoms with van der Waals surface area (Å²) in [6, 6.07) is 4.30. The largest absolute Gasteiger partial charge is 0.436 e. The lowest BCUT2D eigenvalue weighted by atomic mass is 10.0. The number of halogens is 7. The first-order chi connectivity index (χ1) is 9.60. The first kappa shape index (κ1) is 15.3. The SMILES string of the molecule is Fc1c(-c2cccc(C(F)(F)F)c2)ccnc1C(F)(F)F. The molecule has 0 radical (unpaired) electrons. The van der Waals surface area contributed by atoms with E-state index >= 15 is 0 Å². The van der Waals surface area contributed by atoms with Crippen molar-refractivity contribution in [2.75, 3.05) is 0 Å². The molecule has 2 aromatic rings. The topological polar surface area (TPSA) is 12.9 Å². The summed E-state index contributed by atoms with van der Waals surface area (Å²) in [5.74, 6) is -1.70. The van der Waals surface area contributed by atoms with Crippen molar-refractivity contribution in [2.45, 2.75) is 12.4 Å². The molecule has 0 saturated carbocycles. The number of alkyl halides is 6. The van der Waals surface area contributed by atoms with Gasteiger partial charge < -0.3 is 0 Å². The molecule has 1 nitrogen and oxygen atoms in total. The number of pyridine rings is 1. The number of aromatic nitrogens is 1. The van der Waals surface area contributed by atoms with Gasteiger partial charge in [-0.05, 0) is 23.8 Å². The summed E-state index contributed by atoms with van der Waals surface area (Å²) >= 11 is 0. The maximum Gasteiger partial charge on any atom is 0.436 e. The van der Waals surface area contributed by atoms with Crippen molar-refractivity contribution in [1.29, 1.82) is 0 Å². The molecule has 0 unspecified atom stereocenters. The smallest absolute Gasteiger partial charge is 0.249 e. The van der Waals surface area contributed by atoms with Crippen LogP contribution in [0.15, 0.2) is 36.5 Å². The van der Waals surface area contributed by atoms with E-state index in [0.29, 0.717) is 12.3 Å². The predicted molar refractivity (Wildman–Crippen MR) is 59.6 cm³/mol. The highest BCUT2D eigenvalue weighted by molar-refractivity contribution is 5.65. The summed E-state index contributed by atoms with van der Waals surface area (Å²) in [5, 5.41) is 0. The van der Waals surface area contributed by atoms with Crippen LogP contribution in [0.2, 0.25) is 0 Å². The first-order valence-corrected chi connectivity index (χ1v) is 5.50. The molecule has 0 N–H and O–H groups in total. The summed E-state index contributed by atoms with van der Waals surface area (Å²) in [6.07, 6.45) is -9.00. The lowest BCUT2D eigenvalue weighted by Crippen LogP contribution is -2.11. The maximum absolute atomic E-state index is 13.8. The molecule has 1 aromatic heterocycles. The van der Waals surface area contributed by atoms with Crippen molar-refractivity contribution in [3.8, 4) is 11.1 Å². The van der Waals surface area contributed by atoms with Crippen molar-refractivity contribution in [1.82, 2.24) is 4.98 Å². The Labute approximate surface area is 114 Å². The van der Waals surface area contributed by atoms with Crippen molar-refractivity contribution in [2.24, 2.45) is 0 Å². The molecule has 0 aliphatic carbocycles. The number of nitrogens with zero attached hydrogens (tertiary/aromatic N) is 1. The summed E-state index contributed by atoms with van der Waals surface area (Å²) in [5.41, 5.74) is -3.75. The van der Waals surface area contributed by atoms with Crippen molar-refractivity contribution < 1.29 is 30.7 Å². The monoisotopic (exact) mass is 309 g/mol. The van der Waals surface area contributed by atoms with E-state index in [2.05, 4.69) is 4.98 Å². The molecular weight excluding hydrogens is 303 g/mol. The van der Waals surface area contributed by atoms with Crippen LogP contribution in [0.4, 0.5) is 30.7 Å². The van der Waals surface area contributed by atoms with Crippen LogP contribution < -0.4 is 0 Å². The normalized spacial score (nSPS) is 12.5. The average molecular weight is 309 g/mol. The molecule has 0 aliphatic rings. The van der Waals surface area contributed by atoms with Gasteiger partial charge in [0.25, 0.3) is 0 Å². The van der Waals surface area contributed by atoms with Crippen LogP contribution in [-0.2, 0) is 12.4 Å². The van der Waals surface area contributed by atoms with Gasteiger partial charge in [0.2, 0.25) is 0 Å². The van der Waals surface area contributed by atoms with Crippen LogP contribution in [0.3, 0.4) is 0 Å². The van der Waals surface area contributed by atoms with Gasteiger partial charge in [0.05, 0.1) is 5.56 Å². The number of rotatable bonds is 1. The second kappa shape index (κ2) is 5.01. The second-order valence-corrected chi connectivity index (χ2v) is 4.10. The molecule has 0 spiro atoms. The van der Waals surface area contributed by atoms with Gasteiger partial charge in [-0.15, -0.1) is 0 Å². The third kappa shape index (κ3) is 3.14. The zero-order valence-electron chi connectivity index (χ0n) is 10.1. The van der Waals surface area contributed by atoms with Gasteiger partial charge >= 0.3 is 12.4 Å². The fraction of sp³-hybridized carbons (Fsp3) is 0.154. The Morgan fingerprint density at radius 2 is 1.52 bits per heavy atom. The molecule has 1 aromatic carbocycles. The molecule has 0 saturated heterocycles. The molecule has 112 valence electrons. The van der Waals surface area contributed by atoms with E-state index in [-0.39, 0.29) is 5.56 Å². The van der Waals surface area contributed by atoms with Crippen LogP contribution in [0.25, 0.3) is 11.1 Å². The highest BCUT2D eigenvalue weighted by Crippen LogP contribution is 2.36. The number of hydrogen-bond donors (Lipinski definition) is 0. The van der Waals surface area contributed by atoms with Crippen LogP contribution in [-0.4, -0.2) is 4.98 Å². The molecule has 21 heavy (non-hydrogen) atoms. The van der Waals surface area contributed by atoms with E-state index in [1.54, 1.807) is 0 Å². The summed E-state index contributed by atoms with van der Waals surface area (Å²) in [7, 11) is 0. The van der Waals surface area contributed by atoms with Gasteiger partial charge in [0, 0.05) is 11.8 Å². The average Bonchev–Trinajstić information content (AvgIpc) is 2.37. The fourth-order valence-corrected chi connectivity index (χ4v) is 1.73. The zero-order chi connectivity index (χ0) is 15.8. The van der Waals surface area contributed by atoms with Gasteiger partial charge in [0.1, 0.15) is 0 Å². The molecule has 0 atom stereocenters. The predicted octanol–water partition coefficient (Wildman–Crippen LogP) is 4.93. The number of hydrogen-bond acceptors (Lipinski definition) is 1. The Hall–Kier alpha value is -2.12. The molecule has 2 rings (SSSR count). The van der Waals surface area contributed by atoms with Gasteiger partial charge in [0.15, 0.2) is 11.5 Å². The zero-order valence-corrected chi connectivity index (χ0v) is 10.1. The van der Waals surface area contributed by atoms with Crippen LogP contribution in [0.5, 0.6) is 0 Å². The fourth-order valence-electron chi connectivity index (χ4n) is 1.73. The Morgan fingerprint density at radius 1 is 0.857 bits per heavy atom. The molecule has 0 aliphatic heterocycles. The minimum absolute atomic E-state index is 0.310. The lowest BCUT2D eigenvalue weighted by molar-refractivity contribution is -0.143. The molecule has 0 fully saturated rings. The molecule has 0 bridgehead atoms. The van der Waals surface area contributed by atoms with Crippen molar-refractivity contribution in [3.05, 3.63) is 53.6 Å². The van der Waals surface area contributed by atoms with Gasteiger partial charge in [-0.2, -0.15) is 26.3 Å². The van der Waals surface area contributed by atoms with E-state index in [4.69, 9.17) is 0 Å². The van der Waals surface area contributed by atoms with Crippen LogP contribution in [0.1, 0.15) is 11.3 Å². The van der Waals surface area contributed by atoms with Crippen LogP contribution >= 0.6 is 0 Å². The Bertz CT molecular complexity index is 658. The highest BCUT2D eigenvalue weighted by Gasteiger charge is 2.37. The quantitative estimate of drug-likeness (QED) is 0.681. The van der Waals surface area contributed by atoms with E-state index in [1.165, 1.54) is 0 Å². The maximum atomic E-state index is 13.8. The lowest BCUT2D eigenvalue weighted by Gasteiger charge is -2.12. The van der Waals surface area contributed by atoms with E-state index in [1.807, 2.05) is 0 Å². The van der Waals surface area contributed by atoms with Crippen molar-refractivity contribution in [3.63, 3.8) is 0 Å². The van der Waals surface area contributed by atoms with E-state index < -0.39 is 35.0 Å². The summed E-state index contributed by atoms with van der Waals surface area (Å²) in [4.78, 5) is 2.88. The number of benzene rings is 1. The van der Waals surface area contributed by atoms with E-state index in [0.717, 1.165) is 24.3 Å². The Kier molecular flexibility index (Phi) is 3.65. The minimum Gasteiger partial charge on any atom is -0.249 e. The van der Waals surface area contributed by atoms with Gasteiger partial charge in [-0.3, -0.25) is 0 Å². The minimum atomic E-state index is -5.03. The highest BCUT2D eigenvalue weighted by atomic mass is 19.4. The van der Waals surface area contributed by atoms with Crippen molar-refractivity contribution >= 4 is 0 Å². The second-order valence-electron chi connectivity index (χ2n) is 4.10. The third-order valence-electron chi connectivity index (χ3n) is 2.66. The Morgan fingerprint density at radius 3 is 2.10 bits per heavy atom. The van der Waals surface area contributed by atoms with Gasteiger partial charge in [-0.25, -0.2) is 9.37 Å². The molecular formula is C13H6F7N. The summed E-state index contributed by atoms with van der Waals surface area (Å²) in [6.45, 7) is 0. The standard InChI is InChI=1S/C13H6F7N/c14-10-9(4-5-21-11(10)13(18,19)20)7-2-1-3-8(6-7)12(15,16)17/h1-6H. The molecule has 1 heterocycles.